The Morgan fingerprint density at radius 2 is 2.14 bits per heavy atom. The molecule has 0 aromatic heterocycles. The lowest BCUT2D eigenvalue weighted by molar-refractivity contribution is 0.0575. The van der Waals surface area contributed by atoms with Crippen molar-refractivity contribution in [3.8, 4) is 5.75 Å². The van der Waals surface area contributed by atoms with E-state index < -0.39 is 0 Å². The van der Waals surface area contributed by atoms with Gasteiger partial charge in [-0.2, -0.15) is 0 Å². The van der Waals surface area contributed by atoms with Gasteiger partial charge in [0, 0.05) is 25.2 Å². The van der Waals surface area contributed by atoms with Crippen molar-refractivity contribution in [1.29, 1.82) is 0 Å². The standard InChI is InChI=1S/C17H26N2O3/c1-12-10-14(8-9-16(12)22-3)18-17(21)19(2)11-13-6-4-5-7-15(13)20/h8-10,13,15,20H,4-7,11H2,1-3H3,(H,18,21). The first-order chi connectivity index (χ1) is 10.5. The number of benzene rings is 1. The number of anilines is 1. The molecule has 5 heteroatoms. The monoisotopic (exact) mass is 306 g/mol. The minimum atomic E-state index is -0.285. The van der Waals surface area contributed by atoms with Gasteiger partial charge >= 0.3 is 6.03 Å². The Kier molecular flexibility index (Phi) is 5.66. The second kappa shape index (κ2) is 7.49. The maximum atomic E-state index is 12.3. The van der Waals surface area contributed by atoms with Crippen molar-refractivity contribution in [3.63, 3.8) is 0 Å². The fraction of sp³-hybridized carbons (Fsp3) is 0.588. The van der Waals surface area contributed by atoms with Gasteiger partial charge in [0.05, 0.1) is 13.2 Å². The number of carbonyl (C=O) groups is 1. The number of ether oxygens (including phenoxy) is 1. The average molecular weight is 306 g/mol. The molecule has 0 radical (unpaired) electrons. The lowest BCUT2D eigenvalue weighted by atomic mass is 9.86. The van der Waals surface area contributed by atoms with Gasteiger partial charge in [-0.05, 0) is 43.5 Å². The molecule has 2 N–H and O–H groups in total. The predicted molar refractivity (Wildman–Crippen MR) is 87.3 cm³/mol. The second-order valence-corrected chi connectivity index (χ2v) is 6.11. The van der Waals surface area contributed by atoms with Crippen molar-refractivity contribution in [3.05, 3.63) is 23.8 Å². The van der Waals surface area contributed by atoms with Crippen molar-refractivity contribution in [2.75, 3.05) is 26.0 Å². The Balaban J connectivity index is 1.92. The molecular formula is C17H26N2O3. The van der Waals surface area contributed by atoms with Crippen molar-refractivity contribution in [2.45, 2.75) is 38.7 Å². The molecule has 0 bridgehead atoms. The van der Waals surface area contributed by atoms with E-state index in [4.69, 9.17) is 4.74 Å². The summed E-state index contributed by atoms with van der Waals surface area (Å²) in [6.45, 7) is 2.53. The van der Waals surface area contributed by atoms with Gasteiger partial charge in [0.1, 0.15) is 5.75 Å². The molecule has 1 fully saturated rings. The lowest BCUT2D eigenvalue weighted by Gasteiger charge is -2.31. The van der Waals surface area contributed by atoms with E-state index in [1.807, 2.05) is 25.1 Å². The molecule has 2 unspecified atom stereocenters. The molecule has 0 spiro atoms. The number of amides is 2. The third kappa shape index (κ3) is 4.13. The molecule has 1 saturated carbocycles. The fourth-order valence-corrected chi connectivity index (χ4v) is 3.01. The number of aryl methyl sites for hydroxylation is 1. The summed E-state index contributed by atoms with van der Waals surface area (Å²) >= 11 is 0. The summed E-state index contributed by atoms with van der Waals surface area (Å²) in [6.07, 6.45) is 3.76. The molecule has 5 nitrogen and oxygen atoms in total. The van der Waals surface area contributed by atoms with Crippen LogP contribution >= 0.6 is 0 Å². The van der Waals surface area contributed by atoms with Gasteiger partial charge in [-0.15, -0.1) is 0 Å². The summed E-state index contributed by atoms with van der Waals surface area (Å²) in [4.78, 5) is 13.9. The minimum Gasteiger partial charge on any atom is -0.496 e. The van der Waals surface area contributed by atoms with Gasteiger partial charge in [-0.1, -0.05) is 12.8 Å². The van der Waals surface area contributed by atoms with Gasteiger partial charge in [0.15, 0.2) is 0 Å². The van der Waals surface area contributed by atoms with Crippen molar-refractivity contribution < 1.29 is 14.6 Å². The van der Waals surface area contributed by atoms with Crippen LogP contribution in [0.3, 0.4) is 0 Å². The number of hydrogen-bond donors (Lipinski definition) is 2. The summed E-state index contributed by atoms with van der Waals surface area (Å²) in [5.41, 5.74) is 1.73. The molecule has 0 saturated heterocycles. The smallest absolute Gasteiger partial charge is 0.321 e. The Hall–Kier alpha value is -1.75. The summed E-state index contributed by atoms with van der Waals surface area (Å²) in [7, 11) is 3.40. The zero-order valence-corrected chi connectivity index (χ0v) is 13.6. The van der Waals surface area contributed by atoms with Crippen LogP contribution in [-0.4, -0.2) is 42.8 Å². The molecule has 2 rings (SSSR count). The van der Waals surface area contributed by atoms with Gasteiger partial charge < -0.3 is 20.1 Å². The van der Waals surface area contributed by atoms with Crippen LogP contribution in [0.5, 0.6) is 5.75 Å². The maximum absolute atomic E-state index is 12.3. The van der Waals surface area contributed by atoms with Crippen LogP contribution in [-0.2, 0) is 0 Å². The van der Waals surface area contributed by atoms with Crippen LogP contribution < -0.4 is 10.1 Å². The van der Waals surface area contributed by atoms with Crippen LogP contribution in [0.2, 0.25) is 0 Å². The highest BCUT2D eigenvalue weighted by Crippen LogP contribution is 2.25. The van der Waals surface area contributed by atoms with Gasteiger partial charge in [0.25, 0.3) is 0 Å². The van der Waals surface area contributed by atoms with Gasteiger partial charge in [-0.3, -0.25) is 0 Å². The Morgan fingerprint density at radius 3 is 2.77 bits per heavy atom. The molecule has 1 aromatic carbocycles. The summed E-state index contributed by atoms with van der Waals surface area (Å²) in [5.74, 6) is 0.985. The van der Waals surface area contributed by atoms with E-state index in [-0.39, 0.29) is 18.1 Å². The third-order valence-electron chi connectivity index (χ3n) is 4.37. The lowest BCUT2D eigenvalue weighted by Crippen LogP contribution is -2.40. The molecule has 22 heavy (non-hydrogen) atoms. The van der Waals surface area contributed by atoms with Crippen LogP contribution in [0.25, 0.3) is 0 Å². The van der Waals surface area contributed by atoms with Crippen molar-refractivity contribution >= 4 is 11.7 Å². The first-order valence-electron chi connectivity index (χ1n) is 7.86. The van der Waals surface area contributed by atoms with Gasteiger partial charge in [0.2, 0.25) is 0 Å². The number of aliphatic hydroxyl groups is 1. The Labute approximate surface area is 132 Å². The Morgan fingerprint density at radius 1 is 1.41 bits per heavy atom. The van der Waals surface area contributed by atoms with E-state index in [0.717, 1.165) is 42.7 Å². The van der Waals surface area contributed by atoms with Gasteiger partial charge in [-0.25, -0.2) is 4.79 Å². The van der Waals surface area contributed by atoms with E-state index in [2.05, 4.69) is 5.32 Å². The molecule has 2 atom stereocenters. The number of nitrogens with one attached hydrogen (secondary N) is 1. The summed E-state index contributed by atoms with van der Waals surface area (Å²) in [6, 6.07) is 5.41. The normalized spacial score (nSPS) is 21.3. The first kappa shape index (κ1) is 16.6. The first-order valence-corrected chi connectivity index (χ1v) is 7.86. The number of carbonyl (C=O) groups excluding carboxylic acids is 1. The van der Waals surface area contributed by atoms with Crippen molar-refractivity contribution in [2.24, 2.45) is 5.92 Å². The highest BCUT2D eigenvalue weighted by atomic mass is 16.5. The molecule has 0 aliphatic heterocycles. The predicted octanol–water partition coefficient (Wildman–Crippen LogP) is 3.02. The zero-order chi connectivity index (χ0) is 16.1. The van der Waals surface area contributed by atoms with E-state index in [0.29, 0.717) is 6.54 Å². The maximum Gasteiger partial charge on any atom is 0.321 e. The molecule has 1 aromatic rings. The van der Waals surface area contributed by atoms with Crippen LogP contribution in [0.4, 0.5) is 10.5 Å². The van der Waals surface area contributed by atoms with E-state index >= 15 is 0 Å². The van der Waals surface area contributed by atoms with Crippen molar-refractivity contribution in [1.82, 2.24) is 4.90 Å². The SMILES string of the molecule is COc1ccc(NC(=O)N(C)CC2CCCCC2O)cc1C. The summed E-state index contributed by atoms with van der Waals surface area (Å²) in [5, 5.41) is 12.9. The topological polar surface area (TPSA) is 61.8 Å². The average Bonchev–Trinajstić information content (AvgIpc) is 2.49. The third-order valence-corrected chi connectivity index (χ3v) is 4.37. The molecular weight excluding hydrogens is 280 g/mol. The highest BCUT2D eigenvalue weighted by Gasteiger charge is 2.25. The largest absolute Gasteiger partial charge is 0.496 e. The second-order valence-electron chi connectivity index (χ2n) is 6.11. The number of nitrogens with zero attached hydrogens (tertiary/aromatic N) is 1. The zero-order valence-electron chi connectivity index (χ0n) is 13.6. The van der Waals surface area contributed by atoms with E-state index in [1.54, 1.807) is 19.1 Å². The molecule has 122 valence electrons. The number of rotatable bonds is 4. The quantitative estimate of drug-likeness (QED) is 0.899. The Bertz CT molecular complexity index is 519. The number of methoxy groups -OCH3 is 1. The van der Waals surface area contributed by atoms with E-state index in [9.17, 15) is 9.90 Å². The molecule has 2 amide bonds. The molecule has 0 heterocycles. The number of hydrogen-bond acceptors (Lipinski definition) is 3. The summed E-state index contributed by atoms with van der Waals surface area (Å²) < 4.78 is 5.21. The van der Waals surface area contributed by atoms with Crippen LogP contribution in [0.15, 0.2) is 18.2 Å². The van der Waals surface area contributed by atoms with Crippen LogP contribution in [0.1, 0.15) is 31.2 Å². The number of urea groups is 1. The fourth-order valence-electron chi connectivity index (χ4n) is 3.01. The highest BCUT2D eigenvalue weighted by molar-refractivity contribution is 5.89. The molecule has 1 aliphatic carbocycles. The van der Waals surface area contributed by atoms with E-state index in [1.165, 1.54) is 0 Å². The van der Waals surface area contributed by atoms with Crippen LogP contribution in [0, 0.1) is 12.8 Å². The molecule has 1 aliphatic rings. The number of aliphatic hydroxyl groups excluding tert-OH is 1. The minimum absolute atomic E-state index is 0.151.